The Morgan fingerprint density at radius 1 is 1.75 bits per heavy atom. The molecule has 0 radical (unpaired) electrons. The fraction of sp³-hybridized carbons (Fsp3) is 0.636. The smallest absolute Gasteiger partial charge is 0.169 e. The van der Waals surface area contributed by atoms with Crippen LogP contribution in [-0.4, -0.2) is 39.6 Å². The zero-order valence-electron chi connectivity index (χ0n) is 9.39. The normalized spacial score (nSPS) is 20.9. The number of thioether (sulfide) groups is 1. The van der Waals surface area contributed by atoms with E-state index in [2.05, 4.69) is 4.98 Å². The molecule has 0 N–H and O–H groups in total. The number of carbonyl (C=O) groups is 1. The number of rotatable bonds is 4. The summed E-state index contributed by atoms with van der Waals surface area (Å²) < 4.78 is 7.45. The number of hydrogen-bond acceptors (Lipinski definition) is 4. The average Bonchev–Trinajstić information content (AvgIpc) is 2.77. The largest absolute Gasteiger partial charge is 0.369 e. The molecule has 0 aromatic carbocycles. The second kappa shape index (κ2) is 5.50. The third-order valence-corrected chi connectivity index (χ3v) is 3.64. The zero-order chi connectivity index (χ0) is 11.4. The van der Waals surface area contributed by atoms with Gasteiger partial charge in [-0.15, -0.1) is 0 Å². The number of hydrogen-bond donors (Lipinski definition) is 0. The number of ketones is 1. The van der Waals surface area contributed by atoms with Crippen molar-refractivity contribution in [1.82, 2.24) is 9.55 Å². The molecule has 4 nitrogen and oxygen atoms in total. The molecule has 1 aromatic rings. The Labute approximate surface area is 99.4 Å². The van der Waals surface area contributed by atoms with E-state index < -0.39 is 0 Å². The molecule has 88 valence electrons. The van der Waals surface area contributed by atoms with Crippen LogP contribution >= 0.6 is 11.8 Å². The van der Waals surface area contributed by atoms with E-state index in [1.54, 1.807) is 18.0 Å². The Kier molecular flexibility index (Phi) is 4.01. The van der Waals surface area contributed by atoms with E-state index in [0.717, 1.165) is 23.9 Å². The molecule has 16 heavy (non-hydrogen) atoms. The van der Waals surface area contributed by atoms with Gasteiger partial charge in [-0.3, -0.25) is 4.79 Å². The van der Waals surface area contributed by atoms with Gasteiger partial charge in [-0.2, -0.15) is 11.8 Å². The maximum atomic E-state index is 11.9. The molecule has 0 bridgehead atoms. The van der Waals surface area contributed by atoms with E-state index in [-0.39, 0.29) is 11.9 Å². The van der Waals surface area contributed by atoms with Gasteiger partial charge >= 0.3 is 0 Å². The van der Waals surface area contributed by atoms with Crippen LogP contribution in [0, 0.1) is 0 Å². The minimum atomic E-state index is -0.235. The fourth-order valence-corrected chi connectivity index (χ4v) is 2.62. The first-order valence-corrected chi connectivity index (χ1v) is 6.68. The summed E-state index contributed by atoms with van der Waals surface area (Å²) in [6.45, 7) is 3.58. The van der Waals surface area contributed by atoms with Crippen LogP contribution < -0.4 is 0 Å². The third kappa shape index (κ3) is 2.65. The van der Waals surface area contributed by atoms with Gasteiger partial charge in [0, 0.05) is 30.4 Å². The molecule has 1 saturated heterocycles. The molecular weight excluding hydrogens is 224 g/mol. The lowest BCUT2D eigenvalue weighted by Gasteiger charge is -2.20. The maximum absolute atomic E-state index is 11.9. The first kappa shape index (κ1) is 11.7. The summed E-state index contributed by atoms with van der Waals surface area (Å²) in [7, 11) is 0. The van der Waals surface area contributed by atoms with Gasteiger partial charge < -0.3 is 9.30 Å². The predicted molar refractivity (Wildman–Crippen MR) is 63.7 cm³/mol. The number of ether oxygens (including phenoxy) is 1. The molecular formula is C11H16N2O2S. The molecule has 5 heteroatoms. The molecule has 1 aliphatic rings. The number of nitrogens with zero attached hydrogens (tertiary/aromatic N) is 2. The van der Waals surface area contributed by atoms with Crippen molar-refractivity contribution in [3.05, 3.63) is 18.2 Å². The van der Waals surface area contributed by atoms with E-state index in [4.69, 9.17) is 4.74 Å². The van der Waals surface area contributed by atoms with Gasteiger partial charge in [-0.25, -0.2) is 4.98 Å². The highest BCUT2D eigenvalue weighted by atomic mass is 32.2. The summed E-state index contributed by atoms with van der Waals surface area (Å²) in [6.07, 6.45) is 3.79. The summed E-state index contributed by atoms with van der Waals surface area (Å²) in [6, 6.07) is 0. The monoisotopic (exact) mass is 240 g/mol. The Balaban J connectivity index is 1.95. The first-order valence-electron chi connectivity index (χ1n) is 5.53. The van der Waals surface area contributed by atoms with E-state index in [1.165, 1.54) is 0 Å². The predicted octanol–water partition coefficient (Wildman–Crippen LogP) is 1.15. The van der Waals surface area contributed by atoms with Gasteiger partial charge in [0.15, 0.2) is 5.78 Å². The van der Waals surface area contributed by atoms with Gasteiger partial charge in [0.2, 0.25) is 0 Å². The minimum absolute atomic E-state index is 0.146. The fourth-order valence-electron chi connectivity index (χ4n) is 1.74. The summed E-state index contributed by atoms with van der Waals surface area (Å²) in [4.78, 5) is 16.1. The van der Waals surface area contributed by atoms with Crippen molar-refractivity contribution in [2.45, 2.75) is 26.0 Å². The average molecular weight is 240 g/mol. The molecule has 2 rings (SSSR count). The van der Waals surface area contributed by atoms with Crippen molar-refractivity contribution in [3.63, 3.8) is 0 Å². The highest BCUT2D eigenvalue weighted by Crippen LogP contribution is 2.14. The van der Waals surface area contributed by atoms with Crippen LogP contribution in [0.25, 0.3) is 0 Å². The zero-order valence-corrected chi connectivity index (χ0v) is 10.2. The second-order valence-electron chi connectivity index (χ2n) is 3.71. The van der Waals surface area contributed by atoms with Gasteiger partial charge in [-0.1, -0.05) is 0 Å². The number of aryl methyl sites for hydroxylation is 1. The van der Waals surface area contributed by atoms with Gasteiger partial charge in [0.1, 0.15) is 11.9 Å². The molecule has 1 aromatic heterocycles. The molecule has 0 spiro atoms. The van der Waals surface area contributed by atoms with Crippen molar-refractivity contribution in [2.24, 2.45) is 0 Å². The molecule has 1 aliphatic heterocycles. The molecule has 2 heterocycles. The number of aromatic nitrogens is 2. The quantitative estimate of drug-likeness (QED) is 0.792. The van der Waals surface area contributed by atoms with Crippen molar-refractivity contribution >= 4 is 17.5 Å². The van der Waals surface area contributed by atoms with Crippen LogP contribution in [0.2, 0.25) is 0 Å². The summed E-state index contributed by atoms with van der Waals surface area (Å²) in [5, 5.41) is 0. The number of Topliss-reactive ketones (excluding diaryl/α,β-unsaturated/α-hetero) is 1. The van der Waals surface area contributed by atoms with Crippen LogP contribution in [0.5, 0.6) is 0 Å². The van der Waals surface area contributed by atoms with Crippen LogP contribution in [0.15, 0.2) is 12.4 Å². The van der Waals surface area contributed by atoms with Gasteiger partial charge in [-0.05, 0) is 6.92 Å². The Morgan fingerprint density at radius 3 is 3.31 bits per heavy atom. The van der Waals surface area contributed by atoms with Crippen molar-refractivity contribution in [3.8, 4) is 0 Å². The van der Waals surface area contributed by atoms with Crippen LogP contribution in [0.4, 0.5) is 0 Å². The number of carbonyl (C=O) groups excluding carboxylic acids is 1. The standard InChI is InChI=1S/C11H16N2O2S/c1-2-13-4-3-12-11(13)7-9(14)10-8-16-6-5-15-10/h3-4,10H,2,5-8H2,1H3. The molecule has 0 amide bonds. The SMILES string of the molecule is CCn1ccnc1CC(=O)C1CSCCO1. The molecule has 0 saturated carbocycles. The van der Waals surface area contributed by atoms with Crippen LogP contribution in [0.1, 0.15) is 12.7 Å². The Hall–Kier alpha value is -0.810. The summed E-state index contributed by atoms with van der Waals surface area (Å²) >= 11 is 1.78. The third-order valence-electron chi connectivity index (χ3n) is 2.65. The Bertz CT molecular complexity index is 359. The molecule has 1 atom stereocenters. The van der Waals surface area contributed by atoms with Crippen molar-refractivity contribution in [2.75, 3.05) is 18.1 Å². The number of imidazole rings is 1. The minimum Gasteiger partial charge on any atom is -0.369 e. The Morgan fingerprint density at radius 2 is 2.62 bits per heavy atom. The lowest BCUT2D eigenvalue weighted by atomic mass is 10.2. The highest BCUT2D eigenvalue weighted by Gasteiger charge is 2.23. The van der Waals surface area contributed by atoms with Crippen LogP contribution in [-0.2, 0) is 22.5 Å². The topological polar surface area (TPSA) is 44.1 Å². The van der Waals surface area contributed by atoms with E-state index >= 15 is 0 Å². The van der Waals surface area contributed by atoms with E-state index in [0.29, 0.717) is 13.0 Å². The van der Waals surface area contributed by atoms with Crippen molar-refractivity contribution in [1.29, 1.82) is 0 Å². The summed E-state index contributed by atoms with van der Waals surface area (Å²) in [5.41, 5.74) is 0. The van der Waals surface area contributed by atoms with Gasteiger partial charge in [0.05, 0.1) is 13.0 Å². The van der Waals surface area contributed by atoms with E-state index in [1.807, 2.05) is 17.7 Å². The molecule has 0 aliphatic carbocycles. The second-order valence-corrected chi connectivity index (χ2v) is 4.86. The van der Waals surface area contributed by atoms with Crippen LogP contribution in [0.3, 0.4) is 0 Å². The lowest BCUT2D eigenvalue weighted by molar-refractivity contribution is -0.128. The molecule has 1 unspecified atom stereocenters. The highest BCUT2D eigenvalue weighted by molar-refractivity contribution is 7.99. The van der Waals surface area contributed by atoms with Crippen molar-refractivity contribution < 1.29 is 9.53 Å². The molecule has 1 fully saturated rings. The maximum Gasteiger partial charge on any atom is 0.169 e. The van der Waals surface area contributed by atoms with Gasteiger partial charge in [0.25, 0.3) is 0 Å². The first-order chi connectivity index (χ1) is 7.81. The van der Waals surface area contributed by atoms with E-state index in [9.17, 15) is 4.79 Å². The summed E-state index contributed by atoms with van der Waals surface area (Å²) in [5.74, 6) is 2.76. The lowest BCUT2D eigenvalue weighted by Crippen LogP contribution is -2.33.